The first-order chi connectivity index (χ1) is 35.5. The maximum absolute atomic E-state index is 12.3. The van der Waals surface area contributed by atoms with Gasteiger partial charge in [0.1, 0.15) is 51.5 Å². The van der Waals surface area contributed by atoms with Crippen LogP contribution in [0.15, 0.2) is 104 Å². The Morgan fingerprint density at radius 1 is 0.728 bits per heavy atom. The van der Waals surface area contributed by atoms with Crippen LogP contribution in [0.3, 0.4) is 0 Å². The topological polar surface area (TPSA) is 326 Å². The van der Waals surface area contributed by atoms with Gasteiger partial charge >= 0.3 is 148 Å². The van der Waals surface area contributed by atoms with Gasteiger partial charge in [-0.3, -0.25) is 0 Å². The minimum atomic E-state index is -5.02. The predicted octanol–water partition coefficient (Wildman–Crippen LogP) is -10.7. The van der Waals surface area contributed by atoms with E-state index in [-0.39, 0.29) is 191 Å². The minimum absolute atomic E-state index is 0. The van der Waals surface area contributed by atoms with Crippen LogP contribution in [0, 0.1) is 0 Å². The first kappa shape index (κ1) is 76.6. The van der Waals surface area contributed by atoms with Gasteiger partial charge in [-0.1, -0.05) is 32.1 Å². The van der Waals surface area contributed by atoms with E-state index in [0.717, 1.165) is 46.0 Å². The van der Waals surface area contributed by atoms with Gasteiger partial charge in [-0.15, -0.1) is 11.8 Å². The summed E-state index contributed by atoms with van der Waals surface area (Å²) in [6, 6.07) is 11.1. The number of carboxylic acids is 2. The van der Waals surface area contributed by atoms with Crippen LogP contribution in [0.25, 0.3) is 21.5 Å². The van der Waals surface area contributed by atoms with Crippen LogP contribution in [0.2, 0.25) is 0 Å². The summed E-state index contributed by atoms with van der Waals surface area (Å²) in [4.78, 5) is 24.9. The first-order valence-electron chi connectivity index (χ1n) is 23.8. The van der Waals surface area contributed by atoms with Crippen molar-refractivity contribution in [1.29, 1.82) is 0 Å². The molecule has 1 atom stereocenters. The number of aliphatic carboxylic acids is 2. The molecular weight excluding hydrogens is 1200 g/mol. The third-order valence-corrected chi connectivity index (χ3v) is 17.3. The summed E-state index contributed by atoms with van der Waals surface area (Å²) in [6.07, 6.45) is 13.1. The molecule has 3 aliphatic rings. The zero-order valence-electron chi connectivity index (χ0n) is 46.9. The molecule has 1 aliphatic carbocycles. The molecule has 2 aliphatic heterocycles. The van der Waals surface area contributed by atoms with Crippen LogP contribution in [-0.2, 0) is 66.3 Å². The molecule has 0 N–H and O–H groups in total. The van der Waals surface area contributed by atoms with Gasteiger partial charge in [0.05, 0.1) is 60.8 Å². The van der Waals surface area contributed by atoms with Crippen LogP contribution in [0.1, 0.15) is 83.8 Å². The number of carbonyl (C=O) groups excluding carboxylic acids is 2. The summed E-state index contributed by atoms with van der Waals surface area (Å²) in [6.45, 7) is 6.36. The van der Waals surface area contributed by atoms with Gasteiger partial charge in [-0.2, -0.15) is 4.58 Å². The Bertz CT molecular complexity index is 3590. The Balaban J connectivity index is 0.00000448. The summed E-state index contributed by atoms with van der Waals surface area (Å²) < 4.78 is 149. The number of carbonyl (C=O) groups is 2. The quantitative estimate of drug-likeness (QED) is 0.0219. The summed E-state index contributed by atoms with van der Waals surface area (Å²) in [5, 5.41) is 24.5. The largest absolute Gasteiger partial charge is 1.00 e. The molecule has 20 nitrogen and oxygen atoms in total. The average Bonchev–Trinajstić information content (AvgIpc) is 3.68. The molecule has 0 saturated heterocycles. The number of benzene rings is 4. The van der Waals surface area contributed by atoms with Crippen LogP contribution in [0.4, 0.5) is 11.4 Å². The van der Waals surface area contributed by atoms with Crippen molar-refractivity contribution in [2.45, 2.75) is 93.3 Å². The molecule has 0 amide bonds. The van der Waals surface area contributed by atoms with E-state index in [1.54, 1.807) is 24.3 Å². The van der Waals surface area contributed by atoms with Crippen LogP contribution >= 0.6 is 11.8 Å². The molecule has 1 unspecified atom stereocenters. The van der Waals surface area contributed by atoms with E-state index in [1.807, 2.05) is 67.7 Å². The molecule has 0 aromatic heterocycles. The molecule has 410 valence electrons. The summed E-state index contributed by atoms with van der Waals surface area (Å²) in [5.41, 5.74) is 4.20. The second-order valence-electron chi connectivity index (χ2n) is 19.3. The van der Waals surface area contributed by atoms with Crippen molar-refractivity contribution in [3.05, 3.63) is 106 Å². The molecule has 81 heavy (non-hydrogen) atoms. The van der Waals surface area contributed by atoms with E-state index in [4.69, 9.17) is 13.7 Å². The zero-order valence-corrected chi connectivity index (χ0v) is 61.0. The second kappa shape index (κ2) is 31.6. The Labute approximate surface area is 589 Å². The van der Waals surface area contributed by atoms with Gasteiger partial charge in [-0.05, 0) is 129 Å². The van der Waals surface area contributed by atoms with E-state index in [0.29, 0.717) is 70.9 Å². The molecule has 4 aromatic carbocycles. The van der Waals surface area contributed by atoms with E-state index in [2.05, 4.69) is 0 Å². The number of carboxylic acid groups (broad SMARTS) is 2. The molecule has 0 saturated carbocycles. The molecule has 0 bridgehead atoms. The first-order valence-corrected chi connectivity index (χ1v) is 30.4. The van der Waals surface area contributed by atoms with Gasteiger partial charge in [0.25, 0.3) is 0 Å². The maximum Gasteiger partial charge on any atom is 1.00 e. The Hall–Kier alpha value is -0.480. The molecule has 0 fully saturated rings. The van der Waals surface area contributed by atoms with Crippen LogP contribution in [-0.4, -0.2) is 115 Å². The van der Waals surface area contributed by atoms with Crippen molar-refractivity contribution in [1.82, 2.24) is 0 Å². The number of ether oxygens (including phenoxy) is 2. The van der Waals surface area contributed by atoms with E-state index < -0.39 is 93.2 Å². The standard InChI is InChI=1S/C51H58N2O18S5.5Na/c1-50(2)41(52(21-6-8-23-71-73(58)59)37-17-13-33-25-35(75(63,64)65)27-39(45(33)47(37)50)69-29-43(54)55)19-15-31-11-10-12-32(49(31)72-5)16-20-42-51(3,4)48-38(53(42)22-7-9-24-74(60,61)62)18-14-34-26-36(76(66,67)68)28-40(46(34)48)70-30-44(56)57;;;;;/h13-20,25-28H,6-12,21-24,29-30H2,1-5H3,(H5-,54,55,56,57,58,59,60,61,62,63,64,65,66,67,68);;;;;/q;5*+1/p-5. The molecular formula is C51H53N2Na5O18S5. The normalized spacial score (nSPS) is 17.0. The third-order valence-electron chi connectivity index (χ3n) is 13.6. The molecule has 0 radical (unpaired) electrons. The van der Waals surface area contributed by atoms with Gasteiger partial charge in [-0.25, -0.2) is 29.5 Å². The van der Waals surface area contributed by atoms with Gasteiger partial charge in [0.2, 0.25) is 5.69 Å². The molecule has 30 heteroatoms. The summed E-state index contributed by atoms with van der Waals surface area (Å²) in [5.74, 6) is -4.08. The number of rotatable bonds is 23. The van der Waals surface area contributed by atoms with Crippen LogP contribution in [0.5, 0.6) is 11.5 Å². The number of allylic oxidation sites excluding steroid dienone is 7. The van der Waals surface area contributed by atoms with E-state index in [1.165, 1.54) is 23.9 Å². The van der Waals surface area contributed by atoms with Crippen molar-refractivity contribution in [2.75, 3.05) is 49.8 Å². The number of hydrogen-bond acceptors (Lipinski definition) is 20. The molecule has 0 spiro atoms. The number of hydrogen-bond donors (Lipinski definition) is 0. The number of unbranched alkanes of at least 4 members (excludes halogenated alkanes) is 2. The van der Waals surface area contributed by atoms with Crippen molar-refractivity contribution < 1.29 is 233 Å². The fourth-order valence-electron chi connectivity index (χ4n) is 10.4. The predicted molar refractivity (Wildman–Crippen MR) is 276 cm³/mol. The van der Waals surface area contributed by atoms with E-state index in [9.17, 15) is 67.5 Å². The zero-order chi connectivity index (χ0) is 55.7. The van der Waals surface area contributed by atoms with Crippen molar-refractivity contribution in [2.24, 2.45) is 0 Å². The molecule has 4 aromatic rings. The fourth-order valence-corrected chi connectivity index (χ4v) is 13.2. The van der Waals surface area contributed by atoms with Gasteiger partial charge in [0.15, 0.2) is 5.71 Å². The van der Waals surface area contributed by atoms with Gasteiger partial charge < -0.3 is 56.6 Å². The number of anilines is 1. The Kier molecular flexibility index (Phi) is 29.9. The average molecular weight is 1260 g/mol. The Morgan fingerprint density at radius 2 is 1.28 bits per heavy atom. The SMILES string of the molecule is CSC1=C(/C=C/C2=[N+](CCCCOS(=O)[O-])c3ccc4cc(S(=O)(=O)[O-])cc(OCC(=O)[O-])c4c3C2(C)C)CCC/C1=C\C=C1\N(CCCCS(=O)(=O)[O-])c2ccc3cc(S(=O)(=O)[O-])cc(OCC(=O)[O-])c3c2C1(C)C.[Na+].[Na+].[Na+].[Na+].[Na+]. The third kappa shape index (κ3) is 18.3. The van der Waals surface area contributed by atoms with Crippen molar-refractivity contribution in [3.8, 4) is 11.5 Å². The smallest absolute Gasteiger partial charge is 0.750 e. The Morgan fingerprint density at radius 3 is 1.80 bits per heavy atom. The number of thioether (sulfide) groups is 1. The second-order valence-corrected chi connectivity index (χ2v) is 25.1. The van der Waals surface area contributed by atoms with E-state index >= 15 is 0 Å². The number of fused-ring (bicyclic) bond motifs is 6. The molecule has 2 heterocycles. The number of nitrogens with zero attached hydrogens (tertiary/aromatic N) is 2. The maximum atomic E-state index is 12.3. The molecule has 7 rings (SSSR count). The monoisotopic (exact) mass is 1260 g/mol. The summed E-state index contributed by atoms with van der Waals surface area (Å²) in [7, 11) is -14.5. The summed E-state index contributed by atoms with van der Waals surface area (Å²) >= 11 is -1.18. The van der Waals surface area contributed by atoms with Crippen molar-refractivity contribution >= 4 is 104 Å². The van der Waals surface area contributed by atoms with Crippen molar-refractivity contribution in [3.63, 3.8) is 0 Å². The van der Waals surface area contributed by atoms with Gasteiger partial charge in [0, 0.05) is 63.3 Å². The van der Waals surface area contributed by atoms with Crippen LogP contribution < -0.4 is 172 Å². The fraction of sp³-hybridized carbons (Fsp3) is 0.392. The minimum Gasteiger partial charge on any atom is -0.750 e.